The third-order valence-corrected chi connectivity index (χ3v) is 4.90. The minimum atomic E-state index is -0.536. The highest BCUT2D eigenvalue weighted by Crippen LogP contribution is 2.23. The molecule has 0 spiro atoms. The number of carbonyl (C=O) groups is 3. The zero-order chi connectivity index (χ0) is 18.8. The second-order valence-corrected chi connectivity index (χ2v) is 6.74. The number of hydrogen-bond donors (Lipinski definition) is 1. The molecule has 2 aliphatic rings. The number of amides is 3. The van der Waals surface area contributed by atoms with Crippen molar-refractivity contribution in [3.05, 3.63) is 53.9 Å². The summed E-state index contributed by atoms with van der Waals surface area (Å²) in [7, 11) is 0. The Morgan fingerprint density at radius 1 is 1.00 bits per heavy atom. The Hall–Kier alpha value is -3.22. The van der Waals surface area contributed by atoms with E-state index in [1.807, 2.05) is 24.3 Å². The second kappa shape index (κ2) is 7.19. The molecule has 7 nitrogen and oxygen atoms in total. The molecule has 1 aromatic heterocycles. The zero-order valence-electron chi connectivity index (χ0n) is 14.9. The van der Waals surface area contributed by atoms with Crippen LogP contribution in [0.2, 0.25) is 0 Å². The van der Waals surface area contributed by atoms with Gasteiger partial charge in [-0.05, 0) is 55.7 Å². The minimum Gasteiger partial charge on any atom is -0.372 e. The van der Waals surface area contributed by atoms with Gasteiger partial charge in [-0.15, -0.1) is 0 Å². The highest BCUT2D eigenvalue weighted by molar-refractivity contribution is 6.21. The van der Waals surface area contributed by atoms with Gasteiger partial charge in [0.2, 0.25) is 5.91 Å². The smallest absolute Gasteiger partial charge is 0.280 e. The van der Waals surface area contributed by atoms with Crippen molar-refractivity contribution >= 4 is 29.1 Å². The predicted octanol–water partition coefficient (Wildman–Crippen LogP) is 2.31. The van der Waals surface area contributed by atoms with Crippen molar-refractivity contribution in [2.75, 3.05) is 29.9 Å². The number of hydrogen-bond acceptors (Lipinski definition) is 5. The lowest BCUT2D eigenvalue weighted by Gasteiger charge is -2.28. The van der Waals surface area contributed by atoms with E-state index in [4.69, 9.17) is 0 Å². The lowest BCUT2D eigenvalue weighted by Crippen LogP contribution is -2.37. The van der Waals surface area contributed by atoms with Gasteiger partial charge >= 0.3 is 0 Å². The number of benzene rings is 1. The van der Waals surface area contributed by atoms with Crippen molar-refractivity contribution in [3.63, 3.8) is 0 Å². The average molecular weight is 364 g/mol. The molecule has 1 N–H and O–H groups in total. The lowest BCUT2D eigenvalue weighted by atomic mass is 10.1. The SMILES string of the molecule is O=C(CN1C(=O)c2cccnc2C1=O)Nc1ccc(N2CCCCC2)cc1. The predicted molar refractivity (Wildman–Crippen MR) is 101 cm³/mol. The topological polar surface area (TPSA) is 82.6 Å². The summed E-state index contributed by atoms with van der Waals surface area (Å²) in [4.78, 5) is 44.1. The number of rotatable bonds is 4. The number of piperidine rings is 1. The van der Waals surface area contributed by atoms with Gasteiger partial charge in [-0.2, -0.15) is 0 Å². The molecule has 0 saturated carbocycles. The van der Waals surface area contributed by atoms with Crippen LogP contribution in [0.25, 0.3) is 0 Å². The Bertz CT molecular complexity index is 853. The molecule has 0 bridgehead atoms. The Morgan fingerprint density at radius 3 is 2.44 bits per heavy atom. The first-order chi connectivity index (χ1) is 13.1. The van der Waals surface area contributed by atoms with Crippen LogP contribution in [-0.4, -0.2) is 47.2 Å². The maximum Gasteiger partial charge on any atom is 0.280 e. The molecule has 0 aliphatic carbocycles. The third-order valence-electron chi connectivity index (χ3n) is 4.90. The molecule has 7 heteroatoms. The first-order valence-corrected chi connectivity index (χ1v) is 9.09. The Labute approximate surface area is 157 Å². The monoisotopic (exact) mass is 364 g/mol. The van der Waals surface area contributed by atoms with Crippen LogP contribution in [0.4, 0.5) is 11.4 Å². The summed E-state index contributed by atoms with van der Waals surface area (Å²) < 4.78 is 0. The van der Waals surface area contributed by atoms with Crippen LogP contribution >= 0.6 is 0 Å². The summed E-state index contributed by atoms with van der Waals surface area (Å²) in [6.07, 6.45) is 5.14. The summed E-state index contributed by atoms with van der Waals surface area (Å²) >= 11 is 0. The number of nitrogens with zero attached hydrogens (tertiary/aromatic N) is 3. The van der Waals surface area contributed by atoms with E-state index in [1.165, 1.54) is 25.5 Å². The standard InChI is InChI=1S/C20H20N4O3/c25-17(13-24-19(26)16-5-4-10-21-18(16)20(24)27)22-14-6-8-15(9-7-14)23-11-2-1-3-12-23/h4-10H,1-3,11-13H2,(H,22,25). The van der Waals surface area contributed by atoms with Crippen molar-refractivity contribution in [2.24, 2.45) is 0 Å². The minimum absolute atomic E-state index is 0.0983. The van der Waals surface area contributed by atoms with Gasteiger partial charge in [0.05, 0.1) is 5.56 Å². The van der Waals surface area contributed by atoms with Crippen LogP contribution < -0.4 is 10.2 Å². The van der Waals surface area contributed by atoms with Gasteiger partial charge in [0.1, 0.15) is 12.2 Å². The normalized spacial score (nSPS) is 16.4. The highest BCUT2D eigenvalue weighted by atomic mass is 16.2. The molecule has 2 aromatic rings. The molecule has 0 atom stereocenters. The van der Waals surface area contributed by atoms with E-state index in [-0.39, 0.29) is 17.8 Å². The fourth-order valence-electron chi connectivity index (χ4n) is 3.51. The van der Waals surface area contributed by atoms with Gasteiger partial charge in [0.25, 0.3) is 11.8 Å². The number of nitrogens with one attached hydrogen (secondary N) is 1. The number of carbonyl (C=O) groups excluding carboxylic acids is 3. The molecule has 0 radical (unpaired) electrons. The lowest BCUT2D eigenvalue weighted by molar-refractivity contribution is -0.116. The van der Waals surface area contributed by atoms with E-state index in [0.717, 1.165) is 23.7 Å². The van der Waals surface area contributed by atoms with E-state index in [9.17, 15) is 14.4 Å². The summed E-state index contributed by atoms with van der Waals surface area (Å²) in [6, 6.07) is 10.8. The molecule has 0 unspecified atom stereocenters. The van der Waals surface area contributed by atoms with Crippen LogP contribution in [0.1, 0.15) is 40.1 Å². The fourth-order valence-corrected chi connectivity index (χ4v) is 3.51. The quantitative estimate of drug-likeness (QED) is 0.842. The van der Waals surface area contributed by atoms with E-state index < -0.39 is 17.7 Å². The summed E-state index contributed by atoms with van der Waals surface area (Å²) in [5, 5.41) is 2.74. The van der Waals surface area contributed by atoms with Crippen molar-refractivity contribution in [1.82, 2.24) is 9.88 Å². The zero-order valence-corrected chi connectivity index (χ0v) is 14.9. The Balaban J connectivity index is 1.38. The van der Waals surface area contributed by atoms with Gasteiger partial charge in [0.15, 0.2) is 0 Å². The van der Waals surface area contributed by atoms with E-state index in [2.05, 4.69) is 15.2 Å². The molecule has 1 aromatic carbocycles. The molecule has 138 valence electrons. The second-order valence-electron chi connectivity index (χ2n) is 6.74. The molecular formula is C20H20N4O3. The molecule has 27 heavy (non-hydrogen) atoms. The van der Waals surface area contributed by atoms with Crippen molar-refractivity contribution in [2.45, 2.75) is 19.3 Å². The highest BCUT2D eigenvalue weighted by Gasteiger charge is 2.37. The number of anilines is 2. The molecule has 2 aliphatic heterocycles. The van der Waals surface area contributed by atoms with Crippen LogP contribution in [0, 0.1) is 0 Å². The Kier molecular flexibility index (Phi) is 4.58. The van der Waals surface area contributed by atoms with Crippen molar-refractivity contribution in [3.8, 4) is 0 Å². The van der Waals surface area contributed by atoms with Crippen LogP contribution in [-0.2, 0) is 4.79 Å². The maximum absolute atomic E-state index is 12.3. The third kappa shape index (κ3) is 3.40. The first kappa shape index (κ1) is 17.2. The van der Waals surface area contributed by atoms with Crippen LogP contribution in [0.3, 0.4) is 0 Å². The summed E-state index contributed by atoms with van der Waals surface area (Å²) in [6.45, 7) is 1.78. The summed E-state index contributed by atoms with van der Waals surface area (Å²) in [5.74, 6) is -1.44. The maximum atomic E-state index is 12.3. The van der Waals surface area contributed by atoms with Crippen molar-refractivity contribution in [1.29, 1.82) is 0 Å². The number of pyridine rings is 1. The largest absolute Gasteiger partial charge is 0.372 e. The number of fused-ring (bicyclic) bond motifs is 1. The molecule has 1 fully saturated rings. The van der Waals surface area contributed by atoms with Gasteiger partial charge in [0, 0.05) is 30.7 Å². The number of aromatic nitrogens is 1. The average Bonchev–Trinajstić information content (AvgIpc) is 2.94. The molecule has 1 saturated heterocycles. The summed E-state index contributed by atoms with van der Waals surface area (Å²) in [5.41, 5.74) is 2.11. The van der Waals surface area contributed by atoms with E-state index in [0.29, 0.717) is 5.69 Å². The van der Waals surface area contributed by atoms with Crippen molar-refractivity contribution < 1.29 is 14.4 Å². The Morgan fingerprint density at radius 2 is 1.74 bits per heavy atom. The van der Waals surface area contributed by atoms with Crippen LogP contribution in [0.5, 0.6) is 0 Å². The fraction of sp³-hybridized carbons (Fsp3) is 0.300. The van der Waals surface area contributed by atoms with E-state index >= 15 is 0 Å². The number of imide groups is 1. The van der Waals surface area contributed by atoms with Gasteiger partial charge in [-0.25, -0.2) is 0 Å². The molecule has 3 heterocycles. The first-order valence-electron chi connectivity index (χ1n) is 9.09. The van der Waals surface area contributed by atoms with Gasteiger partial charge in [-0.1, -0.05) is 0 Å². The van der Waals surface area contributed by atoms with E-state index in [1.54, 1.807) is 12.1 Å². The van der Waals surface area contributed by atoms with Gasteiger partial charge < -0.3 is 10.2 Å². The van der Waals surface area contributed by atoms with Gasteiger partial charge in [-0.3, -0.25) is 24.3 Å². The molecule has 4 rings (SSSR count). The van der Waals surface area contributed by atoms with Crippen LogP contribution in [0.15, 0.2) is 42.6 Å². The molecule has 3 amide bonds. The molecular weight excluding hydrogens is 344 g/mol.